The lowest BCUT2D eigenvalue weighted by Gasteiger charge is -2.33. The number of aromatic nitrogens is 2. The highest BCUT2D eigenvalue weighted by Gasteiger charge is 2.31. The minimum atomic E-state index is -0.108. The molecule has 0 N–H and O–H groups in total. The largest absolute Gasteiger partial charge is 0.337 e. The number of nitrogens with zero attached hydrogens (tertiary/aromatic N) is 3. The van der Waals surface area contributed by atoms with Crippen LogP contribution >= 0.6 is 11.6 Å². The van der Waals surface area contributed by atoms with E-state index in [9.17, 15) is 4.79 Å². The summed E-state index contributed by atoms with van der Waals surface area (Å²) in [5.41, 5.74) is 0.819. The molecule has 0 aliphatic carbocycles. The highest BCUT2D eigenvalue weighted by Crippen LogP contribution is 2.32. The summed E-state index contributed by atoms with van der Waals surface area (Å²) in [6.45, 7) is 2.91. The number of benzene rings is 1. The van der Waals surface area contributed by atoms with E-state index >= 15 is 0 Å². The SMILES string of the molecule is CCCCCC(=O)N1CCCCC1c1nc(-c2cccc(Cl)c2)no1. The van der Waals surface area contributed by atoms with Crippen molar-refractivity contribution in [2.75, 3.05) is 6.54 Å². The van der Waals surface area contributed by atoms with E-state index < -0.39 is 0 Å². The molecule has 1 atom stereocenters. The molecule has 2 aromatic rings. The number of carbonyl (C=O) groups excluding carboxylic acids is 1. The van der Waals surface area contributed by atoms with Crippen molar-refractivity contribution in [1.82, 2.24) is 15.0 Å². The maximum absolute atomic E-state index is 12.6. The van der Waals surface area contributed by atoms with Crippen molar-refractivity contribution in [3.05, 3.63) is 35.2 Å². The summed E-state index contributed by atoms with van der Waals surface area (Å²) in [5.74, 6) is 1.24. The van der Waals surface area contributed by atoms with Crippen LogP contribution in [-0.4, -0.2) is 27.5 Å². The van der Waals surface area contributed by atoms with Gasteiger partial charge in [0, 0.05) is 23.6 Å². The quantitative estimate of drug-likeness (QED) is 0.677. The molecule has 0 radical (unpaired) electrons. The maximum atomic E-state index is 12.6. The van der Waals surface area contributed by atoms with Crippen molar-refractivity contribution in [3.8, 4) is 11.4 Å². The van der Waals surface area contributed by atoms with Gasteiger partial charge in [0.05, 0.1) is 0 Å². The number of hydrogen-bond donors (Lipinski definition) is 0. The highest BCUT2D eigenvalue weighted by atomic mass is 35.5. The number of halogens is 1. The van der Waals surface area contributed by atoms with Crippen molar-refractivity contribution >= 4 is 17.5 Å². The zero-order valence-electron chi connectivity index (χ0n) is 14.6. The lowest BCUT2D eigenvalue weighted by Crippen LogP contribution is -2.38. The maximum Gasteiger partial charge on any atom is 0.249 e. The molecule has 134 valence electrons. The van der Waals surface area contributed by atoms with Gasteiger partial charge in [-0.1, -0.05) is 48.7 Å². The van der Waals surface area contributed by atoms with Crippen LogP contribution in [0.1, 0.15) is 63.8 Å². The molecule has 0 bridgehead atoms. The van der Waals surface area contributed by atoms with Gasteiger partial charge >= 0.3 is 0 Å². The van der Waals surface area contributed by atoms with Crippen LogP contribution in [0.25, 0.3) is 11.4 Å². The van der Waals surface area contributed by atoms with Crippen LogP contribution in [0, 0.1) is 0 Å². The lowest BCUT2D eigenvalue weighted by atomic mass is 10.0. The Labute approximate surface area is 153 Å². The molecule has 1 amide bonds. The Hall–Kier alpha value is -1.88. The van der Waals surface area contributed by atoms with Gasteiger partial charge in [-0.25, -0.2) is 0 Å². The van der Waals surface area contributed by atoms with Crippen molar-refractivity contribution in [2.24, 2.45) is 0 Å². The van der Waals surface area contributed by atoms with Gasteiger partial charge in [0.15, 0.2) is 0 Å². The highest BCUT2D eigenvalue weighted by molar-refractivity contribution is 6.30. The zero-order chi connectivity index (χ0) is 17.6. The van der Waals surface area contributed by atoms with Crippen LogP contribution in [-0.2, 0) is 4.79 Å². The molecule has 1 unspecified atom stereocenters. The smallest absolute Gasteiger partial charge is 0.249 e. The van der Waals surface area contributed by atoms with Gasteiger partial charge in [0.25, 0.3) is 0 Å². The second-order valence-electron chi connectivity index (χ2n) is 6.52. The number of piperidine rings is 1. The number of amides is 1. The Morgan fingerprint density at radius 2 is 2.24 bits per heavy atom. The number of hydrogen-bond acceptors (Lipinski definition) is 4. The number of carbonyl (C=O) groups is 1. The van der Waals surface area contributed by atoms with E-state index in [1.54, 1.807) is 0 Å². The average Bonchev–Trinajstić information content (AvgIpc) is 3.12. The van der Waals surface area contributed by atoms with Crippen LogP contribution in [0.2, 0.25) is 5.02 Å². The average molecular weight is 362 g/mol. The van der Waals surface area contributed by atoms with E-state index in [1.165, 1.54) is 0 Å². The molecule has 1 fully saturated rings. The fourth-order valence-electron chi connectivity index (χ4n) is 3.27. The van der Waals surface area contributed by atoms with E-state index in [4.69, 9.17) is 16.1 Å². The molecule has 1 aromatic heterocycles. The molecule has 2 heterocycles. The second-order valence-corrected chi connectivity index (χ2v) is 6.96. The van der Waals surface area contributed by atoms with E-state index in [-0.39, 0.29) is 11.9 Å². The number of likely N-dealkylation sites (tertiary alicyclic amines) is 1. The van der Waals surface area contributed by atoms with Gasteiger partial charge in [0.1, 0.15) is 6.04 Å². The van der Waals surface area contributed by atoms with Crippen LogP contribution in [0.3, 0.4) is 0 Å². The predicted molar refractivity (Wildman–Crippen MR) is 97.2 cm³/mol. The van der Waals surface area contributed by atoms with Gasteiger partial charge in [-0.15, -0.1) is 0 Å². The molecular weight excluding hydrogens is 338 g/mol. The monoisotopic (exact) mass is 361 g/mol. The first kappa shape index (κ1) is 17.9. The van der Waals surface area contributed by atoms with Crippen LogP contribution in [0.15, 0.2) is 28.8 Å². The van der Waals surface area contributed by atoms with Gasteiger partial charge in [-0.2, -0.15) is 4.98 Å². The van der Waals surface area contributed by atoms with Crippen LogP contribution in [0.4, 0.5) is 0 Å². The minimum absolute atomic E-state index is 0.108. The molecule has 1 aliphatic heterocycles. The second kappa shape index (κ2) is 8.48. The molecule has 25 heavy (non-hydrogen) atoms. The van der Waals surface area contributed by atoms with E-state index in [2.05, 4.69) is 17.1 Å². The topological polar surface area (TPSA) is 59.2 Å². The van der Waals surface area contributed by atoms with Gasteiger partial charge < -0.3 is 9.42 Å². The van der Waals surface area contributed by atoms with E-state index in [1.807, 2.05) is 29.2 Å². The van der Waals surface area contributed by atoms with E-state index in [0.29, 0.717) is 23.2 Å². The molecule has 3 rings (SSSR count). The van der Waals surface area contributed by atoms with Gasteiger partial charge in [-0.05, 0) is 37.8 Å². The summed E-state index contributed by atoms with van der Waals surface area (Å²) in [6.07, 6.45) is 6.71. The first-order chi connectivity index (χ1) is 12.2. The molecule has 5 nitrogen and oxygen atoms in total. The Kier molecular flexibility index (Phi) is 6.08. The third-order valence-electron chi connectivity index (χ3n) is 4.63. The standard InChI is InChI=1S/C19H24ClN3O2/c1-2-3-4-11-17(24)23-12-6-5-10-16(23)19-21-18(22-25-19)14-8-7-9-15(20)13-14/h7-9,13,16H,2-6,10-12H2,1H3. The summed E-state index contributed by atoms with van der Waals surface area (Å²) in [5, 5.41) is 4.72. The van der Waals surface area contributed by atoms with Crippen molar-refractivity contribution in [1.29, 1.82) is 0 Å². The van der Waals surface area contributed by atoms with Crippen molar-refractivity contribution in [3.63, 3.8) is 0 Å². The molecule has 0 spiro atoms. The summed E-state index contributed by atoms with van der Waals surface area (Å²) < 4.78 is 5.51. The summed E-state index contributed by atoms with van der Waals surface area (Å²) >= 11 is 6.04. The Balaban J connectivity index is 1.75. The zero-order valence-corrected chi connectivity index (χ0v) is 15.3. The van der Waals surface area contributed by atoms with Crippen molar-refractivity contribution in [2.45, 2.75) is 57.9 Å². The van der Waals surface area contributed by atoms with E-state index in [0.717, 1.165) is 50.6 Å². The molecule has 0 saturated carbocycles. The molecule has 1 aromatic carbocycles. The fourth-order valence-corrected chi connectivity index (χ4v) is 3.46. The first-order valence-electron chi connectivity index (χ1n) is 9.08. The minimum Gasteiger partial charge on any atom is -0.337 e. The third kappa shape index (κ3) is 4.40. The summed E-state index contributed by atoms with van der Waals surface area (Å²) in [6, 6.07) is 7.27. The molecule has 1 aliphatic rings. The normalized spacial score (nSPS) is 17.7. The number of unbranched alkanes of at least 4 members (excludes halogenated alkanes) is 2. The van der Waals surface area contributed by atoms with Crippen LogP contribution < -0.4 is 0 Å². The Bertz CT molecular complexity index is 716. The Morgan fingerprint density at radius 1 is 1.36 bits per heavy atom. The molecule has 6 heteroatoms. The number of rotatable bonds is 6. The third-order valence-corrected chi connectivity index (χ3v) is 4.86. The van der Waals surface area contributed by atoms with Gasteiger partial charge in [-0.3, -0.25) is 4.79 Å². The van der Waals surface area contributed by atoms with Crippen molar-refractivity contribution < 1.29 is 9.32 Å². The Morgan fingerprint density at radius 3 is 3.04 bits per heavy atom. The first-order valence-corrected chi connectivity index (χ1v) is 9.46. The molecular formula is C19H24ClN3O2. The molecule has 1 saturated heterocycles. The summed E-state index contributed by atoms with van der Waals surface area (Å²) in [7, 11) is 0. The fraction of sp³-hybridized carbons (Fsp3) is 0.526. The van der Waals surface area contributed by atoms with Gasteiger partial charge in [0.2, 0.25) is 17.6 Å². The summed E-state index contributed by atoms with van der Waals surface area (Å²) in [4.78, 5) is 19.1. The lowest BCUT2D eigenvalue weighted by molar-refractivity contribution is -0.135. The van der Waals surface area contributed by atoms with Crippen LogP contribution in [0.5, 0.6) is 0 Å². The predicted octanol–water partition coefficient (Wildman–Crippen LogP) is 5.02.